The molecule has 1 fully saturated rings. The highest BCUT2D eigenvalue weighted by Crippen LogP contribution is 2.34. The summed E-state index contributed by atoms with van der Waals surface area (Å²) < 4.78 is 39.9. The Morgan fingerprint density at radius 2 is 1.88 bits per heavy atom. The fourth-order valence-electron chi connectivity index (χ4n) is 4.70. The van der Waals surface area contributed by atoms with Crippen LogP contribution < -0.4 is 14.4 Å². The Hall–Kier alpha value is -2.46. The topological polar surface area (TPSA) is 88.2 Å². The molecule has 1 N–H and O–H groups in total. The van der Waals surface area contributed by atoms with Crippen LogP contribution in [0.3, 0.4) is 0 Å². The molecule has 2 heterocycles. The zero-order valence-corrected chi connectivity index (χ0v) is 20.1. The summed E-state index contributed by atoms with van der Waals surface area (Å²) in [7, 11) is -2.11. The van der Waals surface area contributed by atoms with Crippen molar-refractivity contribution in [2.45, 2.75) is 37.2 Å². The van der Waals surface area contributed by atoms with E-state index in [2.05, 4.69) is 9.62 Å². The van der Waals surface area contributed by atoms with Gasteiger partial charge in [-0.1, -0.05) is 12.1 Å². The third kappa shape index (κ3) is 5.06. The molecule has 178 valence electrons. The first kappa shape index (κ1) is 23.7. The molecule has 0 spiro atoms. The van der Waals surface area contributed by atoms with Gasteiger partial charge < -0.3 is 14.4 Å². The molecular weight excluding hydrogens is 442 g/mol. The summed E-state index contributed by atoms with van der Waals surface area (Å²) in [6.07, 6.45) is 0.639. The van der Waals surface area contributed by atoms with Crippen molar-refractivity contribution in [2.75, 3.05) is 44.9 Å². The SMILES string of the molecule is COc1ccc([C@@H](CNS(=O)(=O)c2ccc3c(c2)C[C@@H](C)N3C(C)=O)N2CCOCC2)cc1. The van der Waals surface area contributed by atoms with Crippen molar-refractivity contribution in [3.05, 3.63) is 53.6 Å². The van der Waals surface area contributed by atoms with Crippen molar-refractivity contribution in [3.63, 3.8) is 0 Å². The van der Waals surface area contributed by atoms with E-state index < -0.39 is 10.0 Å². The van der Waals surface area contributed by atoms with Gasteiger partial charge in [-0.3, -0.25) is 9.69 Å². The molecule has 2 atom stereocenters. The molecule has 2 aliphatic heterocycles. The molecule has 9 heteroatoms. The number of rotatable bonds is 7. The number of nitrogens with one attached hydrogen (secondary N) is 1. The maximum Gasteiger partial charge on any atom is 0.240 e. The third-order valence-electron chi connectivity index (χ3n) is 6.37. The van der Waals surface area contributed by atoms with Gasteiger partial charge in [0.25, 0.3) is 0 Å². The van der Waals surface area contributed by atoms with E-state index in [1.54, 1.807) is 30.2 Å². The van der Waals surface area contributed by atoms with E-state index >= 15 is 0 Å². The number of hydrogen-bond acceptors (Lipinski definition) is 6. The first-order valence-corrected chi connectivity index (χ1v) is 12.7. The number of nitrogens with zero attached hydrogens (tertiary/aromatic N) is 2. The van der Waals surface area contributed by atoms with E-state index in [0.29, 0.717) is 19.6 Å². The van der Waals surface area contributed by atoms with Crippen molar-refractivity contribution < 1.29 is 22.7 Å². The van der Waals surface area contributed by atoms with Gasteiger partial charge in [-0.25, -0.2) is 13.1 Å². The second-order valence-electron chi connectivity index (χ2n) is 8.52. The van der Waals surface area contributed by atoms with Gasteiger partial charge in [-0.15, -0.1) is 0 Å². The minimum atomic E-state index is -3.73. The lowest BCUT2D eigenvalue weighted by Crippen LogP contribution is -2.43. The molecule has 4 rings (SSSR count). The Morgan fingerprint density at radius 3 is 2.52 bits per heavy atom. The summed E-state index contributed by atoms with van der Waals surface area (Å²) in [4.78, 5) is 16.2. The molecule has 0 aliphatic carbocycles. The molecule has 2 aliphatic rings. The van der Waals surface area contributed by atoms with Gasteiger partial charge in [-0.05, 0) is 54.8 Å². The molecule has 8 nitrogen and oxygen atoms in total. The number of carbonyl (C=O) groups is 1. The average Bonchev–Trinajstić information content (AvgIpc) is 3.15. The van der Waals surface area contributed by atoms with Crippen LogP contribution in [0.1, 0.15) is 31.0 Å². The van der Waals surface area contributed by atoms with Crippen molar-refractivity contribution in [1.82, 2.24) is 9.62 Å². The first-order chi connectivity index (χ1) is 15.8. The quantitative estimate of drug-likeness (QED) is 0.664. The fraction of sp³-hybridized carbons (Fsp3) is 0.458. The summed E-state index contributed by atoms with van der Waals surface area (Å²) in [6, 6.07) is 12.6. The summed E-state index contributed by atoms with van der Waals surface area (Å²) in [5.41, 5.74) is 2.68. The zero-order chi connectivity index (χ0) is 23.6. The molecule has 2 aromatic carbocycles. The monoisotopic (exact) mass is 473 g/mol. The standard InChI is InChI=1S/C24H31N3O5S/c1-17-14-20-15-22(8-9-23(20)27(17)18(2)28)33(29,30)25-16-24(26-10-12-32-13-11-26)19-4-6-21(31-3)7-5-19/h4-9,15,17,24-25H,10-14,16H2,1-3H3/t17-,24-/m1/s1. The maximum atomic E-state index is 13.2. The minimum absolute atomic E-state index is 0.0178. The van der Waals surface area contributed by atoms with Crippen LogP contribution in [0, 0.1) is 0 Å². The molecule has 1 saturated heterocycles. The van der Waals surface area contributed by atoms with E-state index in [1.807, 2.05) is 31.2 Å². The Labute approximate surface area is 195 Å². The zero-order valence-electron chi connectivity index (χ0n) is 19.3. The van der Waals surface area contributed by atoms with Crippen molar-refractivity contribution in [1.29, 1.82) is 0 Å². The van der Waals surface area contributed by atoms with Gasteiger partial charge in [0.2, 0.25) is 15.9 Å². The van der Waals surface area contributed by atoms with E-state index in [9.17, 15) is 13.2 Å². The van der Waals surface area contributed by atoms with E-state index in [-0.39, 0.29) is 29.4 Å². The highest BCUT2D eigenvalue weighted by Gasteiger charge is 2.31. The second-order valence-corrected chi connectivity index (χ2v) is 10.3. The number of methoxy groups -OCH3 is 1. The third-order valence-corrected chi connectivity index (χ3v) is 7.79. The smallest absolute Gasteiger partial charge is 0.240 e. The number of sulfonamides is 1. The lowest BCUT2D eigenvalue weighted by atomic mass is 10.0. The largest absolute Gasteiger partial charge is 0.497 e. The maximum absolute atomic E-state index is 13.2. The molecule has 0 unspecified atom stereocenters. The van der Waals surface area contributed by atoms with Gasteiger partial charge in [0.05, 0.1) is 25.2 Å². The molecular formula is C24H31N3O5S. The van der Waals surface area contributed by atoms with Gasteiger partial charge in [0, 0.05) is 44.3 Å². The van der Waals surface area contributed by atoms with Crippen LogP contribution in [0.4, 0.5) is 5.69 Å². The molecule has 0 bridgehead atoms. The van der Waals surface area contributed by atoms with E-state index in [0.717, 1.165) is 35.7 Å². The Bertz CT molecular complexity index is 1100. The second kappa shape index (κ2) is 9.80. The van der Waals surface area contributed by atoms with Crippen molar-refractivity contribution in [3.8, 4) is 5.75 Å². The van der Waals surface area contributed by atoms with Crippen LogP contribution in [0.5, 0.6) is 5.75 Å². The van der Waals surface area contributed by atoms with Crippen LogP contribution >= 0.6 is 0 Å². The van der Waals surface area contributed by atoms with Gasteiger partial charge >= 0.3 is 0 Å². The number of morpholine rings is 1. The Morgan fingerprint density at radius 1 is 1.18 bits per heavy atom. The highest BCUT2D eigenvalue weighted by molar-refractivity contribution is 7.89. The van der Waals surface area contributed by atoms with Crippen LogP contribution in [0.2, 0.25) is 0 Å². The van der Waals surface area contributed by atoms with Crippen molar-refractivity contribution in [2.24, 2.45) is 0 Å². The van der Waals surface area contributed by atoms with Crippen LogP contribution in [-0.2, 0) is 26.0 Å². The minimum Gasteiger partial charge on any atom is -0.497 e. The van der Waals surface area contributed by atoms with Crippen LogP contribution in [0.15, 0.2) is 47.4 Å². The van der Waals surface area contributed by atoms with Crippen molar-refractivity contribution >= 4 is 21.6 Å². The number of amides is 1. The van der Waals surface area contributed by atoms with Gasteiger partial charge in [0.1, 0.15) is 5.75 Å². The lowest BCUT2D eigenvalue weighted by molar-refractivity contribution is -0.116. The van der Waals surface area contributed by atoms with E-state index in [4.69, 9.17) is 9.47 Å². The average molecular weight is 474 g/mol. The lowest BCUT2D eigenvalue weighted by Gasteiger charge is -2.35. The summed E-state index contributed by atoms with van der Waals surface area (Å²) >= 11 is 0. The predicted molar refractivity (Wildman–Crippen MR) is 126 cm³/mol. The fourth-order valence-corrected chi connectivity index (χ4v) is 5.79. The molecule has 2 aromatic rings. The summed E-state index contributed by atoms with van der Waals surface area (Å²) in [5.74, 6) is 0.717. The molecule has 0 radical (unpaired) electrons. The molecule has 0 saturated carbocycles. The summed E-state index contributed by atoms with van der Waals surface area (Å²) in [5, 5.41) is 0. The highest BCUT2D eigenvalue weighted by atomic mass is 32.2. The van der Waals surface area contributed by atoms with Crippen LogP contribution in [-0.4, -0.2) is 65.2 Å². The number of ether oxygens (including phenoxy) is 2. The molecule has 33 heavy (non-hydrogen) atoms. The summed E-state index contributed by atoms with van der Waals surface area (Å²) in [6.45, 7) is 6.44. The molecule has 1 amide bonds. The molecule has 0 aromatic heterocycles. The van der Waals surface area contributed by atoms with Gasteiger partial charge in [-0.2, -0.15) is 0 Å². The predicted octanol–water partition coefficient (Wildman–Crippen LogP) is 2.34. The Kier molecular flexibility index (Phi) is 7.04. The normalized spacial score (nSPS) is 19.8. The first-order valence-electron chi connectivity index (χ1n) is 11.2. The Balaban J connectivity index is 1.54. The number of anilines is 1. The number of hydrogen-bond donors (Lipinski definition) is 1. The number of carbonyl (C=O) groups excluding carboxylic acids is 1. The number of fused-ring (bicyclic) bond motifs is 1. The van der Waals surface area contributed by atoms with Crippen LogP contribution in [0.25, 0.3) is 0 Å². The number of benzene rings is 2. The van der Waals surface area contributed by atoms with Gasteiger partial charge in [0.15, 0.2) is 0 Å². The van der Waals surface area contributed by atoms with E-state index in [1.165, 1.54) is 6.92 Å².